The van der Waals surface area contributed by atoms with E-state index in [1.54, 1.807) is 5.41 Å². The van der Waals surface area contributed by atoms with Crippen molar-refractivity contribution in [3.63, 3.8) is 0 Å². The van der Waals surface area contributed by atoms with Crippen molar-refractivity contribution in [1.82, 2.24) is 0 Å². The molecule has 20 heavy (non-hydrogen) atoms. The zero-order valence-electron chi connectivity index (χ0n) is 12.5. The van der Waals surface area contributed by atoms with Gasteiger partial charge in [0.15, 0.2) is 0 Å². The molecule has 0 spiro atoms. The van der Waals surface area contributed by atoms with Gasteiger partial charge in [0.25, 0.3) is 0 Å². The molecule has 1 aromatic carbocycles. The predicted octanol–water partition coefficient (Wildman–Crippen LogP) is 4.99. The first kappa shape index (κ1) is 15.0. The minimum absolute atomic E-state index is 0.206. The van der Waals surface area contributed by atoms with Crippen LogP contribution < -0.4 is 0 Å². The first-order valence-corrected chi connectivity index (χ1v) is 8.30. The van der Waals surface area contributed by atoms with Crippen molar-refractivity contribution in [3.05, 3.63) is 58.7 Å². The van der Waals surface area contributed by atoms with Gasteiger partial charge in [0, 0.05) is 10.3 Å². The predicted molar refractivity (Wildman–Crippen MR) is 85.8 cm³/mol. The maximum absolute atomic E-state index is 12.1. The van der Waals surface area contributed by atoms with E-state index in [9.17, 15) is 4.21 Å². The minimum atomic E-state index is -1.11. The highest BCUT2D eigenvalue weighted by atomic mass is 32.2. The summed E-state index contributed by atoms with van der Waals surface area (Å²) in [5.74, 6) is 0. The van der Waals surface area contributed by atoms with Gasteiger partial charge in [-0.25, -0.2) is 4.21 Å². The van der Waals surface area contributed by atoms with Gasteiger partial charge in [0.05, 0.1) is 10.8 Å². The second-order valence-corrected chi connectivity index (χ2v) is 7.27. The second-order valence-electron chi connectivity index (χ2n) is 5.97. The third-order valence-corrected chi connectivity index (χ3v) is 5.01. The molecule has 0 aliphatic heterocycles. The number of rotatable bonds is 3. The largest absolute Gasteiger partial charge is 0.249 e. The molecule has 0 aromatic heterocycles. The zero-order chi connectivity index (χ0) is 14.6. The average Bonchev–Trinajstić information content (AvgIpc) is 2.42. The van der Waals surface area contributed by atoms with Gasteiger partial charge in [-0.1, -0.05) is 37.6 Å². The van der Waals surface area contributed by atoms with Crippen LogP contribution in [0.15, 0.2) is 63.6 Å². The van der Waals surface area contributed by atoms with Crippen LogP contribution in [0, 0.1) is 5.41 Å². The maximum atomic E-state index is 12.1. The molecule has 0 amide bonds. The molecule has 0 fully saturated rings. The van der Waals surface area contributed by atoms with E-state index in [1.807, 2.05) is 36.4 Å². The lowest BCUT2D eigenvalue weighted by atomic mass is 9.73. The van der Waals surface area contributed by atoms with E-state index in [2.05, 4.69) is 26.5 Å². The molecule has 1 atom stereocenters. The van der Waals surface area contributed by atoms with Gasteiger partial charge in [-0.05, 0) is 55.4 Å². The monoisotopic (exact) mass is 286 g/mol. The SMILES string of the molecule is CC1=C(C=C=CS(=O)c2ccccc2)C(C)(C)CCC1. The number of hydrogen-bond donors (Lipinski definition) is 0. The highest BCUT2D eigenvalue weighted by molar-refractivity contribution is 7.88. The molecule has 1 unspecified atom stereocenters. The molecule has 0 bridgehead atoms. The Balaban J connectivity index is 2.21. The maximum Gasteiger partial charge on any atom is 0.0854 e. The van der Waals surface area contributed by atoms with Crippen molar-refractivity contribution >= 4 is 10.8 Å². The van der Waals surface area contributed by atoms with Crippen molar-refractivity contribution in [2.75, 3.05) is 0 Å². The highest BCUT2D eigenvalue weighted by Gasteiger charge is 2.26. The normalized spacial score (nSPS) is 19.1. The van der Waals surface area contributed by atoms with Gasteiger partial charge >= 0.3 is 0 Å². The van der Waals surface area contributed by atoms with Crippen molar-refractivity contribution in [3.8, 4) is 0 Å². The van der Waals surface area contributed by atoms with E-state index in [4.69, 9.17) is 0 Å². The summed E-state index contributed by atoms with van der Waals surface area (Å²) in [6.45, 7) is 6.75. The lowest BCUT2D eigenvalue weighted by Crippen LogP contribution is -2.18. The van der Waals surface area contributed by atoms with Crippen LogP contribution in [-0.4, -0.2) is 4.21 Å². The molecule has 106 valence electrons. The van der Waals surface area contributed by atoms with Gasteiger partial charge in [-0.3, -0.25) is 0 Å². The number of hydrogen-bond acceptors (Lipinski definition) is 1. The summed E-state index contributed by atoms with van der Waals surface area (Å²) in [6, 6.07) is 9.50. The smallest absolute Gasteiger partial charge is 0.0854 e. The van der Waals surface area contributed by atoms with E-state index in [1.165, 1.54) is 30.4 Å². The Hall–Kier alpha value is -1.37. The number of benzene rings is 1. The van der Waals surface area contributed by atoms with Crippen LogP contribution in [0.25, 0.3) is 0 Å². The summed E-state index contributed by atoms with van der Waals surface area (Å²) in [5, 5.41) is 1.65. The van der Waals surface area contributed by atoms with Gasteiger partial charge in [-0.15, -0.1) is 5.73 Å². The minimum Gasteiger partial charge on any atom is -0.249 e. The van der Waals surface area contributed by atoms with Crippen LogP contribution >= 0.6 is 0 Å². The van der Waals surface area contributed by atoms with Gasteiger partial charge < -0.3 is 0 Å². The molecule has 1 aromatic rings. The van der Waals surface area contributed by atoms with E-state index in [0.29, 0.717) is 0 Å². The summed E-state index contributed by atoms with van der Waals surface area (Å²) >= 11 is 0. The fourth-order valence-corrected chi connectivity index (χ4v) is 3.52. The molecule has 1 nitrogen and oxygen atoms in total. The van der Waals surface area contributed by atoms with Crippen LogP contribution in [0.1, 0.15) is 40.0 Å². The lowest BCUT2D eigenvalue weighted by Gasteiger charge is -2.32. The molecule has 0 N–H and O–H groups in total. The van der Waals surface area contributed by atoms with Crippen molar-refractivity contribution in [1.29, 1.82) is 0 Å². The van der Waals surface area contributed by atoms with E-state index >= 15 is 0 Å². The first-order valence-electron chi connectivity index (χ1n) is 7.09. The summed E-state index contributed by atoms with van der Waals surface area (Å²) in [5.41, 5.74) is 6.13. The van der Waals surface area contributed by atoms with Gasteiger partial charge in [0.1, 0.15) is 0 Å². The van der Waals surface area contributed by atoms with Crippen molar-refractivity contribution < 1.29 is 4.21 Å². The van der Waals surface area contributed by atoms with Gasteiger partial charge in [-0.2, -0.15) is 0 Å². The van der Waals surface area contributed by atoms with Crippen molar-refractivity contribution in [2.24, 2.45) is 5.41 Å². The van der Waals surface area contributed by atoms with E-state index in [0.717, 1.165) is 4.90 Å². The highest BCUT2D eigenvalue weighted by Crippen LogP contribution is 2.40. The molecule has 1 aliphatic rings. The molecule has 0 saturated carbocycles. The molecule has 0 saturated heterocycles. The Morgan fingerprint density at radius 1 is 1.25 bits per heavy atom. The molecule has 2 rings (SSSR count). The van der Waals surface area contributed by atoms with E-state index < -0.39 is 10.8 Å². The summed E-state index contributed by atoms with van der Waals surface area (Å²) in [6.07, 6.45) is 5.66. The van der Waals surface area contributed by atoms with Crippen LogP contribution in [-0.2, 0) is 10.8 Å². The third kappa shape index (κ3) is 3.59. The Labute approximate surface area is 124 Å². The Morgan fingerprint density at radius 2 is 1.95 bits per heavy atom. The fourth-order valence-electron chi connectivity index (χ4n) is 2.76. The third-order valence-electron chi connectivity index (χ3n) is 3.92. The topological polar surface area (TPSA) is 17.1 Å². The molecule has 0 heterocycles. The van der Waals surface area contributed by atoms with E-state index in [-0.39, 0.29) is 5.41 Å². The first-order chi connectivity index (χ1) is 9.50. The zero-order valence-corrected chi connectivity index (χ0v) is 13.3. The lowest BCUT2D eigenvalue weighted by molar-refractivity contribution is 0.377. The Morgan fingerprint density at radius 3 is 2.60 bits per heavy atom. The fraction of sp³-hybridized carbons (Fsp3) is 0.389. The van der Waals surface area contributed by atoms with Crippen LogP contribution in [0.4, 0.5) is 0 Å². The van der Waals surface area contributed by atoms with Crippen LogP contribution in [0.5, 0.6) is 0 Å². The molecule has 0 radical (unpaired) electrons. The Kier molecular flexibility index (Phi) is 4.80. The standard InChI is InChI=1S/C18H22OS/c1-15-9-7-13-18(2,3)17(15)12-8-14-20(19)16-10-5-4-6-11-16/h4-6,10-12,14H,7,9,13H2,1-3H3. The second kappa shape index (κ2) is 6.39. The average molecular weight is 286 g/mol. The Bertz CT molecular complexity index is 587. The summed E-state index contributed by atoms with van der Waals surface area (Å²) in [4.78, 5) is 0.821. The molecule has 2 heteroatoms. The molecular weight excluding hydrogens is 264 g/mol. The summed E-state index contributed by atoms with van der Waals surface area (Å²) < 4.78 is 12.1. The number of allylic oxidation sites excluding steroid dienone is 3. The van der Waals surface area contributed by atoms with Crippen molar-refractivity contribution in [2.45, 2.75) is 44.9 Å². The summed E-state index contributed by atoms with van der Waals surface area (Å²) in [7, 11) is -1.11. The quantitative estimate of drug-likeness (QED) is 0.715. The van der Waals surface area contributed by atoms with Gasteiger partial charge in [0.2, 0.25) is 0 Å². The van der Waals surface area contributed by atoms with Crippen LogP contribution in [0.2, 0.25) is 0 Å². The van der Waals surface area contributed by atoms with Crippen LogP contribution in [0.3, 0.4) is 0 Å². The molecular formula is C18H22OS. The molecule has 1 aliphatic carbocycles.